The predicted molar refractivity (Wildman–Crippen MR) is 80.0 cm³/mol. The van der Waals surface area contributed by atoms with Crippen molar-refractivity contribution in [2.45, 2.75) is 6.92 Å². The first kappa shape index (κ1) is 13.7. The molecule has 0 unspecified atom stereocenters. The van der Waals surface area contributed by atoms with Gasteiger partial charge in [-0.25, -0.2) is 0 Å². The Kier molecular flexibility index (Phi) is 3.98. The monoisotopic (exact) mass is 294 g/mol. The Morgan fingerprint density at radius 1 is 1.16 bits per heavy atom. The second-order valence-corrected chi connectivity index (χ2v) is 4.94. The van der Waals surface area contributed by atoms with Crippen LogP contribution in [0.15, 0.2) is 36.4 Å². The number of carbonyl (C=O) groups excluding carboxylic acids is 1. The summed E-state index contributed by atoms with van der Waals surface area (Å²) < 4.78 is 0. The second kappa shape index (κ2) is 5.51. The van der Waals surface area contributed by atoms with Crippen molar-refractivity contribution in [2.75, 3.05) is 11.1 Å². The van der Waals surface area contributed by atoms with Gasteiger partial charge in [0.2, 0.25) is 0 Å². The highest BCUT2D eigenvalue weighted by Crippen LogP contribution is 2.26. The average Bonchev–Trinajstić information content (AvgIpc) is 2.37. The number of rotatable bonds is 2. The summed E-state index contributed by atoms with van der Waals surface area (Å²) >= 11 is 11.9. The fourth-order valence-corrected chi connectivity index (χ4v) is 2.05. The van der Waals surface area contributed by atoms with E-state index in [9.17, 15) is 4.79 Å². The van der Waals surface area contributed by atoms with Gasteiger partial charge in [-0.2, -0.15) is 0 Å². The number of benzene rings is 2. The lowest BCUT2D eigenvalue weighted by Gasteiger charge is -2.10. The molecule has 0 heterocycles. The van der Waals surface area contributed by atoms with E-state index in [2.05, 4.69) is 5.32 Å². The van der Waals surface area contributed by atoms with Crippen molar-refractivity contribution in [2.24, 2.45) is 0 Å². The van der Waals surface area contributed by atoms with Gasteiger partial charge in [-0.3, -0.25) is 4.79 Å². The van der Waals surface area contributed by atoms with E-state index in [0.717, 1.165) is 5.56 Å². The van der Waals surface area contributed by atoms with Crippen molar-refractivity contribution in [3.8, 4) is 0 Å². The molecule has 5 heteroatoms. The maximum Gasteiger partial charge on any atom is 0.255 e. The third kappa shape index (κ3) is 3.00. The normalized spacial score (nSPS) is 10.3. The predicted octanol–water partition coefficient (Wildman–Crippen LogP) is 4.14. The van der Waals surface area contributed by atoms with Crippen LogP contribution < -0.4 is 11.1 Å². The largest absolute Gasteiger partial charge is 0.398 e. The summed E-state index contributed by atoms with van der Waals surface area (Å²) in [5.41, 5.74) is 7.96. The molecule has 0 fully saturated rings. The number of nitrogens with one attached hydrogen (secondary N) is 1. The molecule has 0 atom stereocenters. The summed E-state index contributed by atoms with van der Waals surface area (Å²) in [4.78, 5) is 12.1. The first-order valence-corrected chi connectivity index (χ1v) is 6.36. The number of amides is 1. The van der Waals surface area contributed by atoms with Crippen molar-refractivity contribution < 1.29 is 4.79 Å². The van der Waals surface area contributed by atoms with Crippen LogP contribution in [0.4, 0.5) is 11.4 Å². The zero-order chi connectivity index (χ0) is 14.0. The van der Waals surface area contributed by atoms with Gasteiger partial charge in [-0.1, -0.05) is 35.3 Å². The summed E-state index contributed by atoms with van der Waals surface area (Å²) in [7, 11) is 0. The van der Waals surface area contributed by atoms with Gasteiger partial charge in [-0.05, 0) is 36.8 Å². The Bertz CT molecular complexity index is 621. The van der Waals surface area contributed by atoms with Gasteiger partial charge in [0.1, 0.15) is 0 Å². The molecule has 0 aliphatic heterocycles. The lowest BCUT2D eigenvalue weighted by Crippen LogP contribution is -2.13. The van der Waals surface area contributed by atoms with E-state index in [0.29, 0.717) is 27.0 Å². The molecule has 2 aromatic carbocycles. The fraction of sp³-hybridized carbons (Fsp3) is 0.0714. The number of carbonyl (C=O) groups is 1. The molecule has 0 aromatic heterocycles. The highest BCUT2D eigenvalue weighted by molar-refractivity contribution is 6.34. The minimum atomic E-state index is -0.278. The van der Waals surface area contributed by atoms with Crippen molar-refractivity contribution in [3.05, 3.63) is 57.6 Å². The molecule has 1 amide bonds. The van der Waals surface area contributed by atoms with Gasteiger partial charge in [0.05, 0.1) is 21.4 Å². The SMILES string of the molecule is Cc1cccc(Cl)c1NC(=O)c1ccc(Cl)c(N)c1. The van der Waals surface area contributed by atoms with Crippen molar-refractivity contribution in [1.82, 2.24) is 0 Å². The highest BCUT2D eigenvalue weighted by atomic mass is 35.5. The number of halogens is 2. The van der Waals surface area contributed by atoms with E-state index >= 15 is 0 Å². The maximum absolute atomic E-state index is 12.1. The molecular weight excluding hydrogens is 283 g/mol. The van der Waals surface area contributed by atoms with E-state index in [4.69, 9.17) is 28.9 Å². The number of hydrogen-bond acceptors (Lipinski definition) is 2. The first-order chi connectivity index (χ1) is 8.99. The minimum Gasteiger partial charge on any atom is -0.398 e. The third-order valence-electron chi connectivity index (χ3n) is 2.72. The average molecular weight is 295 g/mol. The quantitative estimate of drug-likeness (QED) is 0.818. The van der Waals surface area contributed by atoms with Crippen LogP contribution in [-0.2, 0) is 0 Å². The van der Waals surface area contributed by atoms with Crippen LogP contribution in [0.3, 0.4) is 0 Å². The summed E-state index contributed by atoms with van der Waals surface area (Å²) in [5.74, 6) is -0.278. The smallest absolute Gasteiger partial charge is 0.255 e. The van der Waals surface area contributed by atoms with Crippen LogP contribution in [0.1, 0.15) is 15.9 Å². The van der Waals surface area contributed by atoms with Crippen molar-refractivity contribution >= 4 is 40.5 Å². The first-order valence-electron chi connectivity index (χ1n) is 5.60. The Labute approximate surface area is 121 Å². The summed E-state index contributed by atoms with van der Waals surface area (Å²) in [6, 6.07) is 10.2. The molecule has 3 N–H and O–H groups in total. The lowest BCUT2D eigenvalue weighted by atomic mass is 10.1. The van der Waals surface area contributed by atoms with Crippen LogP contribution in [0, 0.1) is 6.92 Å². The van der Waals surface area contributed by atoms with Crippen LogP contribution in [0.2, 0.25) is 10.0 Å². The zero-order valence-corrected chi connectivity index (χ0v) is 11.7. The van der Waals surface area contributed by atoms with Gasteiger partial charge >= 0.3 is 0 Å². The molecule has 98 valence electrons. The second-order valence-electron chi connectivity index (χ2n) is 4.12. The van der Waals surface area contributed by atoms with Gasteiger partial charge in [-0.15, -0.1) is 0 Å². The van der Waals surface area contributed by atoms with Gasteiger partial charge in [0, 0.05) is 5.56 Å². The minimum absolute atomic E-state index is 0.278. The van der Waals surface area contributed by atoms with Crippen molar-refractivity contribution in [3.63, 3.8) is 0 Å². The van der Waals surface area contributed by atoms with Gasteiger partial charge in [0.25, 0.3) is 5.91 Å². The number of nitrogens with two attached hydrogens (primary N) is 1. The molecule has 3 nitrogen and oxygen atoms in total. The number of nitrogen functional groups attached to an aromatic ring is 1. The molecule has 0 radical (unpaired) electrons. The molecule has 0 spiro atoms. The molecule has 0 saturated carbocycles. The summed E-state index contributed by atoms with van der Waals surface area (Å²) in [6.45, 7) is 1.87. The lowest BCUT2D eigenvalue weighted by molar-refractivity contribution is 0.102. The zero-order valence-electron chi connectivity index (χ0n) is 10.2. The van der Waals surface area contributed by atoms with Crippen molar-refractivity contribution in [1.29, 1.82) is 0 Å². The standard InChI is InChI=1S/C14H12Cl2N2O/c1-8-3-2-4-11(16)13(8)18-14(19)9-5-6-10(15)12(17)7-9/h2-7H,17H2,1H3,(H,18,19). The van der Waals surface area contributed by atoms with Crippen LogP contribution in [0.25, 0.3) is 0 Å². The summed E-state index contributed by atoms with van der Waals surface area (Å²) in [6.07, 6.45) is 0. The molecule has 0 aliphatic carbocycles. The van der Waals surface area contributed by atoms with Crippen LogP contribution in [0.5, 0.6) is 0 Å². The van der Waals surface area contributed by atoms with E-state index in [1.54, 1.807) is 18.2 Å². The van der Waals surface area contributed by atoms with E-state index in [1.807, 2.05) is 19.1 Å². The number of anilines is 2. The highest BCUT2D eigenvalue weighted by Gasteiger charge is 2.11. The number of hydrogen-bond donors (Lipinski definition) is 2. The van der Waals surface area contributed by atoms with E-state index in [-0.39, 0.29) is 5.91 Å². The molecule has 0 aliphatic rings. The van der Waals surface area contributed by atoms with Gasteiger partial charge in [0.15, 0.2) is 0 Å². The maximum atomic E-state index is 12.1. The third-order valence-corrected chi connectivity index (χ3v) is 3.38. The Balaban J connectivity index is 2.28. The molecule has 0 saturated heterocycles. The molecule has 19 heavy (non-hydrogen) atoms. The van der Waals surface area contributed by atoms with E-state index in [1.165, 1.54) is 6.07 Å². The molecule has 0 bridgehead atoms. The molecule has 2 aromatic rings. The number of para-hydroxylation sites is 1. The fourth-order valence-electron chi connectivity index (χ4n) is 1.66. The molecule has 2 rings (SSSR count). The topological polar surface area (TPSA) is 55.1 Å². The number of aryl methyl sites for hydroxylation is 1. The Hall–Kier alpha value is -1.71. The van der Waals surface area contributed by atoms with E-state index < -0.39 is 0 Å². The van der Waals surface area contributed by atoms with Crippen LogP contribution in [-0.4, -0.2) is 5.91 Å². The Morgan fingerprint density at radius 3 is 2.53 bits per heavy atom. The van der Waals surface area contributed by atoms with Crippen LogP contribution >= 0.6 is 23.2 Å². The Morgan fingerprint density at radius 2 is 1.89 bits per heavy atom. The van der Waals surface area contributed by atoms with Gasteiger partial charge < -0.3 is 11.1 Å². The molecular formula is C14H12Cl2N2O. The summed E-state index contributed by atoms with van der Waals surface area (Å²) in [5, 5.41) is 3.69.